The van der Waals surface area contributed by atoms with Crippen LogP contribution in [0.15, 0.2) is 85.3 Å². The second-order valence-electron chi connectivity index (χ2n) is 10.1. The van der Waals surface area contributed by atoms with Crippen LogP contribution >= 0.6 is 0 Å². The summed E-state index contributed by atoms with van der Waals surface area (Å²) in [6.07, 6.45) is 5.87. The minimum absolute atomic E-state index is 0. The number of hydrogen-bond acceptors (Lipinski definition) is 4. The first-order valence-corrected chi connectivity index (χ1v) is 12.0. The molecule has 0 aliphatic carbocycles. The van der Waals surface area contributed by atoms with Crippen LogP contribution in [0.2, 0.25) is 0 Å². The Morgan fingerprint density at radius 2 is 1.68 bits per heavy atom. The molecule has 0 fully saturated rings. The number of para-hydroxylation sites is 1. The minimum Gasteiger partial charge on any atom is -0.510 e. The Kier molecular flexibility index (Phi) is 6.59. The van der Waals surface area contributed by atoms with E-state index < -0.39 is 0 Å². The molecule has 0 spiro atoms. The fraction of sp³-hybridized carbons (Fsp3) is 0.161. The molecule has 0 N–H and O–H groups in total. The summed E-state index contributed by atoms with van der Waals surface area (Å²) >= 11 is 0. The molecule has 3 heterocycles. The van der Waals surface area contributed by atoms with Crippen LogP contribution in [0.4, 0.5) is 5.69 Å². The van der Waals surface area contributed by atoms with Gasteiger partial charge in [-0.3, -0.25) is 0 Å². The largest absolute Gasteiger partial charge is 0.510 e. The van der Waals surface area contributed by atoms with Gasteiger partial charge in [0.25, 0.3) is 0 Å². The van der Waals surface area contributed by atoms with E-state index >= 15 is 0 Å². The Balaban J connectivity index is 0.00000280. The molecule has 0 atom stereocenters. The van der Waals surface area contributed by atoms with E-state index in [1.807, 2.05) is 66.4 Å². The number of benzene rings is 3. The Hall–Kier alpha value is -3.56. The van der Waals surface area contributed by atoms with Crippen LogP contribution in [0, 0.1) is 18.8 Å². The maximum atomic E-state index is 6.26. The van der Waals surface area contributed by atoms with Crippen molar-refractivity contribution >= 4 is 27.5 Å². The molecule has 190 valence electrons. The van der Waals surface area contributed by atoms with Crippen LogP contribution < -0.4 is 9.64 Å². The summed E-state index contributed by atoms with van der Waals surface area (Å²) in [4.78, 5) is 8.74. The van der Waals surface area contributed by atoms with Gasteiger partial charge in [0, 0.05) is 44.3 Å². The van der Waals surface area contributed by atoms with Crippen molar-refractivity contribution in [2.24, 2.45) is 0 Å². The molecule has 3 aromatic carbocycles. The van der Waals surface area contributed by atoms with E-state index in [0.29, 0.717) is 11.5 Å². The molecule has 37 heavy (non-hydrogen) atoms. The zero-order chi connectivity index (χ0) is 24.9. The van der Waals surface area contributed by atoms with Crippen LogP contribution in [0.1, 0.15) is 26.3 Å². The van der Waals surface area contributed by atoms with Gasteiger partial charge in [-0.25, -0.2) is 4.98 Å². The first-order valence-electron chi connectivity index (χ1n) is 12.0. The van der Waals surface area contributed by atoms with Gasteiger partial charge in [0.1, 0.15) is 5.82 Å². The number of hydrogen-bond donors (Lipinski definition) is 0. The zero-order valence-electron chi connectivity index (χ0n) is 21.2. The summed E-state index contributed by atoms with van der Waals surface area (Å²) in [5, 5.41) is 2.27. The van der Waals surface area contributed by atoms with Crippen LogP contribution in [-0.2, 0) is 26.5 Å². The molecule has 0 unspecified atom stereocenters. The van der Waals surface area contributed by atoms with Gasteiger partial charge < -0.3 is 19.1 Å². The van der Waals surface area contributed by atoms with E-state index in [9.17, 15) is 0 Å². The predicted molar refractivity (Wildman–Crippen MR) is 145 cm³/mol. The van der Waals surface area contributed by atoms with Gasteiger partial charge in [0.05, 0.1) is 0 Å². The number of aromatic nitrogens is 2. The average Bonchev–Trinajstić information content (AvgIpc) is 3.45. The van der Waals surface area contributed by atoms with Gasteiger partial charge in [-0.2, -0.15) is 18.8 Å². The monoisotopic (exact) mass is 666 g/mol. The third kappa shape index (κ3) is 4.76. The molecule has 5 aromatic rings. The molecular formula is C31H27N4OPt-3. The Bertz CT molecular complexity index is 1620. The van der Waals surface area contributed by atoms with E-state index in [-0.39, 0.29) is 26.5 Å². The summed E-state index contributed by atoms with van der Waals surface area (Å²) in [5.74, 6) is 2.14. The number of anilines is 1. The van der Waals surface area contributed by atoms with Gasteiger partial charge in [0.15, 0.2) is 0 Å². The van der Waals surface area contributed by atoms with Crippen LogP contribution in [0.5, 0.6) is 11.5 Å². The van der Waals surface area contributed by atoms with Crippen LogP contribution in [0.3, 0.4) is 0 Å². The van der Waals surface area contributed by atoms with Gasteiger partial charge in [-0.15, -0.1) is 41.4 Å². The molecule has 6 rings (SSSR count). The number of ether oxygens (including phenoxy) is 1. The summed E-state index contributed by atoms with van der Waals surface area (Å²) in [6, 6.07) is 29.5. The Morgan fingerprint density at radius 1 is 0.865 bits per heavy atom. The summed E-state index contributed by atoms with van der Waals surface area (Å²) in [7, 11) is 1.99. The first-order chi connectivity index (χ1) is 17.4. The third-order valence-corrected chi connectivity index (χ3v) is 6.42. The van der Waals surface area contributed by atoms with E-state index in [1.165, 1.54) is 5.56 Å². The van der Waals surface area contributed by atoms with E-state index in [4.69, 9.17) is 9.72 Å². The number of rotatable bonds is 4. The second kappa shape index (κ2) is 9.72. The number of nitrogens with zero attached hydrogens (tertiary/aromatic N) is 4. The molecule has 0 saturated carbocycles. The molecule has 5 nitrogen and oxygen atoms in total. The smallest absolute Gasteiger partial charge is 0.135 e. The standard InChI is InChI=1S/C31H27N4O.Pt/c1-31(2,3)22-14-15-32-30(18-22)35-28-11-6-5-10-26(28)27-13-12-25(20-29(27)35)36-24-9-7-8-23(19-24)34-17-16-33(4)21-34;/h5-18,21H,1-4H3;/q-3;. The van der Waals surface area contributed by atoms with E-state index in [0.717, 1.165) is 33.3 Å². The van der Waals surface area contributed by atoms with Gasteiger partial charge in [-0.05, 0) is 54.0 Å². The number of fused-ring (bicyclic) bond motifs is 3. The fourth-order valence-electron chi connectivity index (χ4n) is 4.54. The molecule has 0 radical (unpaired) electrons. The van der Waals surface area contributed by atoms with Gasteiger partial charge in [-0.1, -0.05) is 44.5 Å². The zero-order valence-corrected chi connectivity index (χ0v) is 23.4. The van der Waals surface area contributed by atoms with Crippen molar-refractivity contribution in [2.75, 3.05) is 11.9 Å². The molecule has 1 aliphatic heterocycles. The Labute approximate surface area is 232 Å². The molecule has 2 aromatic heterocycles. The van der Waals surface area contributed by atoms with Crippen molar-refractivity contribution in [3.05, 3.63) is 110 Å². The topological polar surface area (TPSA) is 33.5 Å². The average molecular weight is 667 g/mol. The van der Waals surface area contributed by atoms with Crippen molar-refractivity contribution in [1.29, 1.82) is 0 Å². The van der Waals surface area contributed by atoms with Crippen molar-refractivity contribution in [3.63, 3.8) is 0 Å². The van der Waals surface area contributed by atoms with Crippen LogP contribution in [-0.4, -0.2) is 21.5 Å². The minimum atomic E-state index is 0. The summed E-state index contributed by atoms with van der Waals surface area (Å²) < 4.78 is 8.43. The molecule has 0 bridgehead atoms. The molecule has 1 aliphatic rings. The normalized spacial score (nSPS) is 13.4. The van der Waals surface area contributed by atoms with Crippen molar-refractivity contribution in [3.8, 4) is 17.3 Å². The quantitative estimate of drug-likeness (QED) is 0.190. The maximum Gasteiger partial charge on any atom is 0.135 e. The Morgan fingerprint density at radius 3 is 2.46 bits per heavy atom. The fourth-order valence-corrected chi connectivity index (χ4v) is 4.54. The van der Waals surface area contributed by atoms with Crippen molar-refractivity contribution in [2.45, 2.75) is 26.2 Å². The molecule has 6 heteroatoms. The van der Waals surface area contributed by atoms with Crippen LogP contribution in [0.25, 0.3) is 27.6 Å². The van der Waals surface area contributed by atoms with Gasteiger partial charge in [0.2, 0.25) is 0 Å². The van der Waals surface area contributed by atoms with Gasteiger partial charge >= 0.3 is 0 Å². The van der Waals surface area contributed by atoms with Crippen molar-refractivity contribution in [1.82, 2.24) is 14.5 Å². The third-order valence-electron chi connectivity index (χ3n) is 6.42. The SMILES string of the molecule is CN1C=CN(c2[c-]c(Oc3[c-]c4c(cc3)c3ccccc3n4-c3cc(C(C)(C)C)ccn3)ccc2)[CH-]1.[Pt]. The first kappa shape index (κ1) is 25.1. The van der Waals surface area contributed by atoms with E-state index in [2.05, 4.69) is 79.9 Å². The predicted octanol–water partition coefficient (Wildman–Crippen LogP) is 7.21. The maximum absolute atomic E-state index is 6.26. The van der Waals surface area contributed by atoms with Crippen molar-refractivity contribution < 1.29 is 25.8 Å². The molecule has 0 saturated heterocycles. The molecular weight excluding hydrogens is 639 g/mol. The second-order valence-corrected chi connectivity index (χ2v) is 10.1. The summed E-state index contributed by atoms with van der Waals surface area (Å²) in [6.45, 7) is 8.64. The molecule has 0 amide bonds. The summed E-state index contributed by atoms with van der Waals surface area (Å²) in [5.41, 5.74) is 4.18. The van der Waals surface area contributed by atoms with E-state index in [1.54, 1.807) is 0 Å². The number of pyridine rings is 1.